The summed E-state index contributed by atoms with van der Waals surface area (Å²) in [5.74, 6) is -0.798. The van der Waals surface area contributed by atoms with E-state index in [0.29, 0.717) is 6.61 Å². The Hall–Kier alpha value is -2.38. The average Bonchev–Trinajstić information content (AvgIpc) is 2.60. The van der Waals surface area contributed by atoms with E-state index in [2.05, 4.69) is 4.72 Å². The second-order valence-electron chi connectivity index (χ2n) is 6.16. The van der Waals surface area contributed by atoms with Gasteiger partial charge in [-0.15, -0.1) is 0 Å². The summed E-state index contributed by atoms with van der Waals surface area (Å²) in [6.45, 7) is 5.80. The highest BCUT2D eigenvalue weighted by Crippen LogP contribution is 2.24. The van der Waals surface area contributed by atoms with E-state index in [9.17, 15) is 18.3 Å². The molecule has 0 saturated carbocycles. The van der Waals surface area contributed by atoms with Crippen LogP contribution in [-0.2, 0) is 14.8 Å². The van der Waals surface area contributed by atoms with E-state index in [-0.39, 0.29) is 10.8 Å². The molecule has 0 aliphatic carbocycles. The van der Waals surface area contributed by atoms with Gasteiger partial charge in [0, 0.05) is 0 Å². The number of carboxylic acid groups (broad SMARTS) is 1. The van der Waals surface area contributed by atoms with Crippen LogP contribution in [0, 0.1) is 5.92 Å². The van der Waals surface area contributed by atoms with Gasteiger partial charge >= 0.3 is 5.97 Å². The standard InChI is InChI=1S/C19H23NO5S/c1-4-25-16-9-5-14(6-10-16)15-7-11-17(12-8-15)26(23,24)20-18(13(2)3)19(21)22/h5-13,18,20H,4H2,1-3H3,(H,21,22)/t18-/m1/s1. The van der Waals surface area contributed by atoms with Crippen molar-refractivity contribution < 1.29 is 23.1 Å². The fourth-order valence-electron chi connectivity index (χ4n) is 2.44. The van der Waals surface area contributed by atoms with Crippen molar-refractivity contribution in [3.05, 3.63) is 48.5 Å². The molecule has 6 nitrogen and oxygen atoms in total. The Labute approximate surface area is 153 Å². The van der Waals surface area contributed by atoms with Gasteiger partial charge in [-0.2, -0.15) is 4.72 Å². The lowest BCUT2D eigenvalue weighted by Gasteiger charge is -2.18. The highest BCUT2D eigenvalue weighted by Gasteiger charge is 2.27. The molecule has 0 aromatic heterocycles. The van der Waals surface area contributed by atoms with Crippen LogP contribution in [0.4, 0.5) is 0 Å². The molecule has 7 heteroatoms. The van der Waals surface area contributed by atoms with Gasteiger partial charge in [-0.3, -0.25) is 4.79 Å². The molecule has 2 N–H and O–H groups in total. The molecule has 0 fully saturated rings. The van der Waals surface area contributed by atoms with Gasteiger partial charge in [0.1, 0.15) is 11.8 Å². The first-order valence-corrected chi connectivity index (χ1v) is 9.81. The van der Waals surface area contributed by atoms with Crippen molar-refractivity contribution in [2.75, 3.05) is 6.61 Å². The molecule has 0 spiro atoms. The number of ether oxygens (including phenoxy) is 1. The highest BCUT2D eigenvalue weighted by molar-refractivity contribution is 7.89. The number of rotatable bonds is 8. The van der Waals surface area contributed by atoms with Crippen molar-refractivity contribution in [3.63, 3.8) is 0 Å². The summed E-state index contributed by atoms with van der Waals surface area (Å²) < 4.78 is 32.5. The highest BCUT2D eigenvalue weighted by atomic mass is 32.2. The molecular formula is C19H23NO5S. The Kier molecular flexibility index (Phi) is 6.39. The minimum absolute atomic E-state index is 0.0269. The predicted octanol–water partition coefficient (Wildman–Crippen LogP) is 3.14. The topological polar surface area (TPSA) is 92.7 Å². The van der Waals surface area contributed by atoms with Crippen LogP contribution in [0.15, 0.2) is 53.4 Å². The van der Waals surface area contributed by atoms with Gasteiger partial charge in [0.25, 0.3) is 0 Å². The number of hydrogen-bond acceptors (Lipinski definition) is 4. The van der Waals surface area contributed by atoms with E-state index in [1.54, 1.807) is 26.0 Å². The Morgan fingerprint density at radius 2 is 1.54 bits per heavy atom. The van der Waals surface area contributed by atoms with Crippen molar-refractivity contribution >= 4 is 16.0 Å². The molecule has 26 heavy (non-hydrogen) atoms. The van der Waals surface area contributed by atoms with E-state index in [0.717, 1.165) is 16.9 Å². The van der Waals surface area contributed by atoms with Crippen LogP contribution in [0.5, 0.6) is 5.75 Å². The molecule has 0 aliphatic heterocycles. The molecule has 2 aromatic rings. The molecule has 0 heterocycles. The van der Waals surface area contributed by atoms with Crippen LogP contribution >= 0.6 is 0 Å². The van der Waals surface area contributed by atoms with Crippen molar-refractivity contribution in [1.29, 1.82) is 0 Å². The third-order valence-electron chi connectivity index (χ3n) is 3.88. The van der Waals surface area contributed by atoms with Gasteiger partial charge in [0.15, 0.2) is 0 Å². The zero-order valence-corrected chi connectivity index (χ0v) is 15.8. The zero-order valence-electron chi connectivity index (χ0n) is 15.0. The van der Waals surface area contributed by atoms with Crippen molar-refractivity contribution in [2.24, 2.45) is 5.92 Å². The van der Waals surface area contributed by atoms with E-state index in [4.69, 9.17) is 4.74 Å². The van der Waals surface area contributed by atoms with Crippen LogP contribution in [-0.4, -0.2) is 32.1 Å². The molecule has 1 atom stereocenters. The lowest BCUT2D eigenvalue weighted by atomic mass is 10.1. The minimum atomic E-state index is -3.91. The monoisotopic (exact) mass is 377 g/mol. The van der Waals surface area contributed by atoms with Gasteiger partial charge in [-0.1, -0.05) is 38.1 Å². The Bertz CT molecular complexity index is 843. The lowest BCUT2D eigenvalue weighted by molar-refractivity contribution is -0.140. The van der Waals surface area contributed by atoms with Gasteiger partial charge in [-0.05, 0) is 48.2 Å². The summed E-state index contributed by atoms with van der Waals surface area (Å²) in [5, 5.41) is 9.17. The van der Waals surface area contributed by atoms with Crippen LogP contribution in [0.25, 0.3) is 11.1 Å². The molecule has 0 aliphatic rings. The Morgan fingerprint density at radius 3 is 1.96 bits per heavy atom. The summed E-state index contributed by atoms with van der Waals surface area (Å²) in [5.41, 5.74) is 1.78. The van der Waals surface area contributed by atoms with Crippen LogP contribution in [0.3, 0.4) is 0 Å². The summed E-state index contributed by atoms with van der Waals surface area (Å²) in [6.07, 6.45) is 0. The molecule has 140 valence electrons. The summed E-state index contributed by atoms with van der Waals surface area (Å²) in [4.78, 5) is 11.3. The van der Waals surface area contributed by atoms with Crippen LogP contribution < -0.4 is 9.46 Å². The molecule has 0 bridgehead atoms. The fourth-order valence-corrected chi connectivity index (χ4v) is 3.78. The average molecular weight is 377 g/mol. The molecule has 2 aromatic carbocycles. The smallest absolute Gasteiger partial charge is 0.322 e. The molecule has 2 rings (SSSR count). The van der Waals surface area contributed by atoms with E-state index in [1.165, 1.54) is 12.1 Å². The zero-order chi connectivity index (χ0) is 19.3. The number of carboxylic acids is 1. The van der Waals surface area contributed by atoms with E-state index < -0.39 is 22.0 Å². The summed E-state index contributed by atoms with van der Waals surface area (Å²) in [7, 11) is -3.91. The third kappa shape index (κ3) is 4.83. The van der Waals surface area contributed by atoms with Gasteiger partial charge in [0.05, 0.1) is 11.5 Å². The fraction of sp³-hybridized carbons (Fsp3) is 0.316. The SMILES string of the molecule is CCOc1ccc(-c2ccc(S(=O)(=O)N[C@@H](C(=O)O)C(C)C)cc2)cc1. The number of sulfonamides is 1. The maximum Gasteiger partial charge on any atom is 0.322 e. The second kappa shape index (κ2) is 8.33. The Balaban J connectivity index is 2.21. The van der Waals surface area contributed by atoms with Crippen molar-refractivity contribution in [1.82, 2.24) is 4.72 Å². The summed E-state index contributed by atoms with van der Waals surface area (Å²) in [6, 6.07) is 12.6. The van der Waals surface area contributed by atoms with Crippen LogP contribution in [0.2, 0.25) is 0 Å². The van der Waals surface area contributed by atoms with Gasteiger partial charge in [-0.25, -0.2) is 8.42 Å². The van der Waals surface area contributed by atoms with E-state index in [1.807, 2.05) is 31.2 Å². The van der Waals surface area contributed by atoms with Crippen LogP contribution in [0.1, 0.15) is 20.8 Å². The molecular weight excluding hydrogens is 354 g/mol. The van der Waals surface area contributed by atoms with Gasteiger partial charge < -0.3 is 9.84 Å². The number of benzene rings is 2. The third-order valence-corrected chi connectivity index (χ3v) is 5.34. The number of aliphatic carboxylic acids is 1. The first kappa shape index (κ1) is 19.9. The lowest BCUT2D eigenvalue weighted by Crippen LogP contribution is -2.44. The number of carbonyl (C=O) groups is 1. The Morgan fingerprint density at radius 1 is 1.04 bits per heavy atom. The summed E-state index contributed by atoms with van der Waals surface area (Å²) >= 11 is 0. The first-order chi connectivity index (χ1) is 12.2. The molecule has 0 saturated heterocycles. The first-order valence-electron chi connectivity index (χ1n) is 8.33. The van der Waals surface area contributed by atoms with E-state index >= 15 is 0 Å². The minimum Gasteiger partial charge on any atom is -0.494 e. The maximum atomic E-state index is 12.4. The van der Waals surface area contributed by atoms with Crippen molar-refractivity contribution in [3.8, 4) is 16.9 Å². The molecule has 0 amide bonds. The maximum absolute atomic E-state index is 12.4. The largest absolute Gasteiger partial charge is 0.494 e. The quantitative estimate of drug-likeness (QED) is 0.737. The van der Waals surface area contributed by atoms with Crippen molar-refractivity contribution in [2.45, 2.75) is 31.7 Å². The predicted molar refractivity (Wildman–Crippen MR) is 99.6 cm³/mol. The molecule has 0 unspecified atom stereocenters. The second-order valence-corrected chi connectivity index (χ2v) is 7.88. The number of nitrogens with one attached hydrogen (secondary N) is 1. The molecule has 0 radical (unpaired) electrons. The normalized spacial score (nSPS) is 12.8. The number of hydrogen-bond donors (Lipinski definition) is 2. The van der Waals surface area contributed by atoms with Gasteiger partial charge in [0.2, 0.25) is 10.0 Å².